The van der Waals surface area contributed by atoms with Gasteiger partial charge >= 0.3 is 7.60 Å². The van der Waals surface area contributed by atoms with Crippen molar-refractivity contribution in [3.05, 3.63) is 0 Å². The summed E-state index contributed by atoms with van der Waals surface area (Å²) in [5.41, 5.74) is 0. The fraction of sp³-hybridized carbons (Fsp3) is 1.00. The summed E-state index contributed by atoms with van der Waals surface area (Å²) in [6.45, 7) is 8.93. The highest BCUT2D eigenvalue weighted by Gasteiger charge is 2.44. The molecule has 2 aliphatic heterocycles. The molecule has 0 radical (unpaired) electrons. The molecule has 0 spiro atoms. The monoisotopic (exact) mass is 312 g/mol. The van der Waals surface area contributed by atoms with Gasteiger partial charge in [0.05, 0.1) is 25.7 Å². The summed E-state index contributed by atoms with van der Waals surface area (Å²) in [6.07, 6.45) is -0.382. The van der Waals surface area contributed by atoms with Crippen molar-refractivity contribution in [1.82, 2.24) is 9.34 Å². The van der Waals surface area contributed by atoms with E-state index in [2.05, 4.69) is 9.34 Å². The molecule has 0 saturated carbocycles. The van der Waals surface area contributed by atoms with Crippen molar-refractivity contribution in [2.45, 2.75) is 13.8 Å². The van der Waals surface area contributed by atoms with Crippen LogP contribution in [0.3, 0.4) is 0 Å². The summed E-state index contributed by atoms with van der Waals surface area (Å²) in [7, 11) is -2.93. The fourth-order valence-corrected chi connectivity index (χ4v) is 9.20. The standard InChI is InChI=1S/C10H22N2O3P2S/c1-3-14-17(13,15-4-2)10-9-16(18,11-5-6-11)12-7-8-12/h3-10H2,1-2H3. The van der Waals surface area contributed by atoms with E-state index < -0.39 is 13.9 Å². The Hall–Kier alpha value is 0.720. The van der Waals surface area contributed by atoms with Crippen molar-refractivity contribution < 1.29 is 13.6 Å². The quantitative estimate of drug-likeness (QED) is 0.480. The zero-order valence-corrected chi connectivity index (χ0v) is 13.7. The van der Waals surface area contributed by atoms with Crippen molar-refractivity contribution in [2.24, 2.45) is 0 Å². The van der Waals surface area contributed by atoms with Gasteiger partial charge < -0.3 is 9.05 Å². The first-order valence-corrected chi connectivity index (χ1v) is 11.1. The molecule has 106 valence electrons. The van der Waals surface area contributed by atoms with Crippen LogP contribution in [0.25, 0.3) is 0 Å². The molecule has 0 N–H and O–H groups in total. The number of hydrogen-bond acceptors (Lipinski definition) is 4. The summed E-state index contributed by atoms with van der Waals surface area (Å²) in [6, 6.07) is 0. The van der Waals surface area contributed by atoms with E-state index in [0.717, 1.165) is 32.3 Å². The Morgan fingerprint density at radius 3 is 1.78 bits per heavy atom. The molecular formula is C10H22N2O3P2S. The van der Waals surface area contributed by atoms with Crippen molar-refractivity contribution in [1.29, 1.82) is 0 Å². The Bertz CT molecular complexity index is 359. The summed E-state index contributed by atoms with van der Waals surface area (Å²) >= 11 is 5.84. The fourth-order valence-electron chi connectivity index (χ4n) is 1.99. The maximum atomic E-state index is 12.4. The third kappa shape index (κ3) is 3.63. The second-order valence-corrected chi connectivity index (χ2v) is 11.3. The second kappa shape index (κ2) is 6.01. The summed E-state index contributed by atoms with van der Waals surface area (Å²) < 4.78 is 27.8. The Kier molecular flexibility index (Phi) is 5.04. The van der Waals surface area contributed by atoms with Crippen LogP contribution in [0.5, 0.6) is 0 Å². The van der Waals surface area contributed by atoms with Gasteiger partial charge in [0.25, 0.3) is 0 Å². The highest BCUT2D eigenvalue weighted by atomic mass is 32.4. The molecule has 2 heterocycles. The maximum absolute atomic E-state index is 12.4. The minimum atomic E-state index is -2.93. The molecule has 2 fully saturated rings. The average Bonchev–Trinajstić information content (AvgIpc) is 3.20. The molecule has 0 aromatic rings. The van der Waals surface area contributed by atoms with Gasteiger partial charge in [0.15, 0.2) is 0 Å². The van der Waals surface area contributed by atoms with Gasteiger partial charge in [-0.1, -0.05) is 11.8 Å². The molecule has 18 heavy (non-hydrogen) atoms. The summed E-state index contributed by atoms with van der Waals surface area (Å²) in [4.78, 5) is 0. The SMILES string of the molecule is CCOP(=O)(CCP(=S)(N1CC1)N1CC1)OCC. The van der Waals surface area contributed by atoms with Crippen LogP contribution in [0.4, 0.5) is 0 Å². The van der Waals surface area contributed by atoms with Crippen LogP contribution in [0, 0.1) is 0 Å². The maximum Gasteiger partial charge on any atom is 0.331 e. The molecule has 8 heteroatoms. The zero-order valence-electron chi connectivity index (χ0n) is 11.1. The van der Waals surface area contributed by atoms with Crippen LogP contribution in [0.2, 0.25) is 0 Å². The van der Waals surface area contributed by atoms with Gasteiger partial charge in [0, 0.05) is 32.3 Å². The molecule has 0 atom stereocenters. The normalized spacial score (nSPS) is 21.2. The zero-order chi connectivity index (χ0) is 13.2. The van der Waals surface area contributed by atoms with Crippen molar-refractivity contribution in [3.8, 4) is 0 Å². The molecule has 0 aliphatic carbocycles. The van der Waals surface area contributed by atoms with Gasteiger partial charge in [0.2, 0.25) is 0 Å². The van der Waals surface area contributed by atoms with E-state index >= 15 is 0 Å². The third-order valence-electron chi connectivity index (χ3n) is 3.05. The van der Waals surface area contributed by atoms with E-state index in [0.29, 0.717) is 19.4 Å². The topological polar surface area (TPSA) is 41.5 Å². The van der Waals surface area contributed by atoms with Crippen LogP contribution in [0.1, 0.15) is 13.8 Å². The predicted octanol–water partition coefficient (Wildman–Crippen LogP) is 2.19. The molecule has 2 rings (SSSR count). The highest BCUT2D eigenvalue weighted by molar-refractivity contribution is 8.12. The lowest BCUT2D eigenvalue weighted by atomic mass is 10.9. The average molecular weight is 312 g/mol. The van der Waals surface area contributed by atoms with E-state index in [4.69, 9.17) is 20.9 Å². The molecule has 0 bridgehead atoms. The van der Waals surface area contributed by atoms with E-state index in [-0.39, 0.29) is 0 Å². The first-order valence-electron chi connectivity index (χ1n) is 6.52. The summed E-state index contributed by atoms with van der Waals surface area (Å²) in [5.74, 6) is 0. The second-order valence-electron chi connectivity index (χ2n) is 4.47. The highest BCUT2D eigenvalue weighted by Crippen LogP contribution is 2.63. The van der Waals surface area contributed by atoms with Gasteiger partial charge in [-0.25, -0.2) is 0 Å². The van der Waals surface area contributed by atoms with Crippen molar-refractivity contribution in [3.63, 3.8) is 0 Å². The van der Waals surface area contributed by atoms with E-state index in [9.17, 15) is 4.57 Å². The number of nitrogens with zero attached hydrogens (tertiary/aromatic N) is 2. The van der Waals surface area contributed by atoms with Crippen LogP contribution >= 0.6 is 13.9 Å². The predicted molar refractivity (Wildman–Crippen MR) is 78.0 cm³/mol. The molecule has 2 aliphatic rings. The third-order valence-corrected chi connectivity index (χ3v) is 10.8. The van der Waals surface area contributed by atoms with Gasteiger partial charge in [-0.2, -0.15) is 0 Å². The number of hydrogen-bond donors (Lipinski definition) is 0. The van der Waals surface area contributed by atoms with Crippen LogP contribution in [0.15, 0.2) is 0 Å². The minimum absolute atomic E-state index is 0.424. The lowest BCUT2D eigenvalue weighted by molar-refractivity contribution is 0.221. The largest absolute Gasteiger partial charge is 0.331 e. The molecule has 0 aromatic heterocycles. The van der Waals surface area contributed by atoms with E-state index in [1.807, 2.05) is 13.8 Å². The summed E-state index contributed by atoms with van der Waals surface area (Å²) in [5, 5.41) is 0. The minimum Gasteiger partial charge on any atom is -0.309 e. The van der Waals surface area contributed by atoms with Gasteiger partial charge in [-0.15, -0.1) is 0 Å². The Balaban J connectivity index is 1.95. The molecule has 0 aromatic carbocycles. The lowest BCUT2D eigenvalue weighted by Crippen LogP contribution is -2.12. The Labute approximate surface area is 114 Å². The first kappa shape index (κ1) is 15.1. The van der Waals surface area contributed by atoms with Crippen molar-refractivity contribution in [2.75, 3.05) is 51.7 Å². The first-order chi connectivity index (χ1) is 8.54. The molecule has 0 unspecified atom stereocenters. The van der Waals surface area contributed by atoms with Crippen LogP contribution in [-0.4, -0.2) is 61.1 Å². The van der Waals surface area contributed by atoms with Gasteiger partial charge in [0.1, 0.15) is 0 Å². The smallest absolute Gasteiger partial charge is 0.309 e. The van der Waals surface area contributed by atoms with Crippen LogP contribution < -0.4 is 0 Å². The van der Waals surface area contributed by atoms with E-state index in [1.165, 1.54) is 0 Å². The van der Waals surface area contributed by atoms with Crippen LogP contribution in [-0.2, 0) is 25.4 Å². The van der Waals surface area contributed by atoms with Crippen molar-refractivity contribution >= 4 is 25.7 Å². The van der Waals surface area contributed by atoms with Gasteiger partial charge in [-0.05, 0) is 13.8 Å². The van der Waals surface area contributed by atoms with E-state index in [1.54, 1.807) is 0 Å². The molecule has 0 amide bonds. The Morgan fingerprint density at radius 2 is 1.44 bits per heavy atom. The lowest BCUT2D eigenvalue weighted by Gasteiger charge is -2.26. The molecular weight excluding hydrogens is 290 g/mol. The Morgan fingerprint density at radius 1 is 1.00 bits per heavy atom. The van der Waals surface area contributed by atoms with Gasteiger partial charge in [-0.3, -0.25) is 13.9 Å². The molecule has 2 saturated heterocycles. The number of rotatable bonds is 9. The molecule has 5 nitrogen and oxygen atoms in total.